The van der Waals surface area contributed by atoms with Crippen molar-refractivity contribution >= 4 is 41.7 Å². The van der Waals surface area contributed by atoms with Gasteiger partial charge in [0.15, 0.2) is 5.96 Å². The highest BCUT2D eigenvalue weighted by Crippen LogP contribution is 2.14. The molecule has 0 aliphatic carbocycles. The Labute approximate surface area is 132 Å². The topological polar surface area (TPSA) is 50.9 Å². The molecule has 0 aromatic rings. The Morgan fingerprint density at radius 2 is 1.95 bits per heavy atom. The van der Waals surface area contributed by atoms with Crippen molar-refractivity contribution in [1.29, 1.82) is 0 Å². The van der Waals surface area contributed by atoms with Crippen molar-refractivity contribution in [2.24, 2.45) is 10.7 Å². The zero-order valence-electron chi connectivity index (χ0n) is 10.5. The molecular formula is C10H19F3IN3OS. The molecular weight excluding hydrogens is 394 g/mol. The number of ether oxygens (including phenoxy) is 1. The molecule has 0 radical (unpaired) electrons. The molecule has 19 heavy (non-hydrogen) atoms. The van der Waals surface area contributed by atoms with Gasteiger partial charge in [-0.1, -0.05) is 0 Å². The normalized spacial score (nSPS) is 17.2. The van der Waals surface area contributed by atoms with Gasteiger partial charge in [-0.3, -0.25) is 4.99 Å². The molecule has 1 aliphatic heterocycles. The van der Waals surface area contributed by atoms with Crippen molar-refractivity contribution < 1.29 is 17.9 Å². The van der Waals surface area contributed by atoms with Crippen LogP contribution in [0.3, 0.4) is 0 Å². The van der Waals surface area contributed by atoms with E-state index in [1.807, 2.05) is 16.7 Å². The van der Waals surface area contributed by atoms with Crippen LogP contribution < -0.4 is 5.73 Å². The zero-order valence-corrected chi connectivity index (χ0v) is 13.6. The van der Waals surface area contributed by atoms with Crippen LogP contribution in [0.15, 0.2) is 4.99 Å². The maximum atomic E-state index is 11.8. The Hall–Kier alpha value is 0.100. The van der Waals surface area contributed by atoms with Crippen LogP contribution in [0, 0.1) is 0 Å². The van der Waals surface area contributed by atoms with Gasteiger partial charge in [-0.05, 0) is 6.42 Å². The summed E-state index contributed by atoms with van der Waals surface area (Å²) in [6, 6.07) is 0. The Morgan fingerprint density at radius 3 is 2.53 bits per heavy atom. The standard InChI is InChI=1S/C10H18F3N3OS.HI/c11-10(12,13)8-17-5-1-2-15-9(14)16-3-6-18-7-4-16;/h1-8H2,(H2,14,15);1H. The minimum atomic E-state index is -4.26. The summed E-state index contributed by atoms with van der Waals surface area (Å²) in [5, 5.41) is 0. The minimum absolute atomic E-state index is 0. The van der Waals surface area contributed by atoms with Gasteiger partial charge in [0.25, 0.3) is 0 Å². The van der Waals surface area contributed by atoms with Crippen molar-refractivity contribution in [2.75, 3.05) is 44.4 Å². The highest BCUT2D eigenvalue weighted by atomic mass is 127. The van der Waals surface area contributed by atoms with Crippen LogP contribution >= 0.6 is 35.7 Å². The van der Waals surface area contributed by atoms with Crippen LogP contribution in [0.5, 0.6) is 0 Å². The molecule has 1 saturated heterocycles. The SMILES string of the molecule is I.NC(=NCCCOCC(F)(F)F)N1CCSCC1. The molecule has 1 rings (SSSR count). The quantitative estimate of drug-likeness (QED) is 0.324. The average Bonchev–Trinajstić information content (AvgIpc) is 2.33. The molecule has 0 bridgehead atoms. The minimum Gasteiger partial charge on any atom is -0.372 e. The summed E-state index contributed by atoms with van der Waals surface area (Å²) in [7, 11) is 0. The van der Waals surface area contributed by atoms with Gasteiger partial charge in [-0.25, -0.2) is 0 Å². The molecule has 0 aromatic carbocycles. The number of thioether (sulfide) groups is 1. The lowest BCUT2D eigenvalue weighted by molar-refractivity contribution is -0.173. The summed E-state index contributed by atoms with van der Waals surface area (Å²) in [6.45, 7) is 1.00. The summed E-state index contributed by atoms with van der Waals surface area (Å²) in [5.41, 5.74) is 5.78. The summed E-state index contributed by atoms with van der Waals surface area (Å²) in [5.74, 6) is 2.54. The van der Waals surface area contributed by atoms with Crippen LogP contribution in [0.4, 0.5) is 13.2 Å². The predicted octanol–water partition coefficient (Wildman–Crippen LogP) is 1.94. The van der Waals surface area contributed by atoms with E-state index < -0.39 is 12.8 Å². The van der Waals surface area contributed by atoms with Gasteiger partial charge in [0.2, 0.25) is 0 Å². The monoisotopic (exact) mass is 413 g/mol. The maximum Gasteiger partial charge on any atom is 0.411 e. The van der Waals surface area contributed by atoms with Crippen molar-refractivity contribution in [2.45, 2.75) is 12.6 Å². The van der Waals surface area contributed by atoms with Crippen LogP contribution in [0.2, 0.25) is 0 Å². The van der Waals surface area contributed by atoms with Gasteiger partial charge in [0.05, 0.1) is 0 Å². The van der Waals surface area contributed by atoms with Crippen LogP contribution in [0.1, 0.15) is 6.42 Å². The molecule has 1 fully saturated rings. The third kappa shape index (κ3) is 9.61. The zero-order chi connectivity index (χ0) is 13.4. The molecule has 0 spiro atoms. The summed E-state index contributed by atoms with van der Waals surface area (Å²) in [6.07, 6.45) is -3.81. The summed E-state index contributed by atoms with van der Waals surface area (Å²) in [4.78, 5) is 6.12. The van der Waals surface area contributed by atoms with E-state index in [0.29, 0.717) is 18.9 Å². The number of nitrogens with two attached hydrogens (primary N) is 1. The van der Waals surface area contributed by atoms with Gasteiger partial charge in [-0.2, -0.15) is 24.9 Å². The van der Waals surface area contributed by atoms with Crippen molar-refractivity contribution in [3.05, 3.63) is 0 Å². The van der Waals surface area contributed by atoms with Crippen LogP contribution in [0.25, 0.3) is 0 Å². The van der Waals surface area contributed by atoms with E-state index in [9.17, 15) is 13.2 Å². The van der Waals surface area contributed by atoms with E-state index in [2.05, 4.69) is 9.73 Å². The third-order valence-electron chi connectivity index (χ3n) is 2.32. The number of hydrogen-bond donors (Lipinski definition) is 1. The number of alkyl halides is 3. The van der Waals surface area contributed by atoms with Crippen LogP contribution in [-0.4, -0.2) is 61.4 Å². The molecule has 2 N–H and O–H groups in total. The number of nitrogens with zero attached hydrogens (tertiary/aromatic N) is 2. The fourth-order valence-electron chi connectivity index (χ4n) is 1.44. The van der Waals surface area contributed by atoms with Gasteiger partial charge < -0.3 is 15.4 Å². The first kappa shape index (κ1) is 19.1. The van der Waals surface area contributed by atoms with Crippen molar-refractivity contribution in [3.8, 4) is 0 Å². The second kappa shape index (κ2) is 9.92. The second-order valence-electron chi connectivity index (χ2n) is 3.86. The molecule has 4 nitrogen and oxygen atoms in total. The number of guanidine groups is 1. The van der Waals surface area contributed by atoms with Crippen molar-refractivity contribution in [1.82, 2.24) is 4.90 Å². The lowest BCUT2D eigenvalue weighted by Crippen LogP contribution is -2.42. The molecule has 0 atom stereocenters. The van der Waals surface area contributed by atoms with E-state index in [0.717, 1.165) is 24.6 Å². The van der Waals surface area contributed by atoms with E-state index in [1.165, 1.54) is 0 Å². The highest BCUT2D eigenvalue weighted by molar-refractivity contribution is 14.0. The lowest BCUT2D eigenvalue weighted by atomic mass is 10.4. The Balaban J connectivity index is 0.00000324. The highest BCUT2D eigenvalue weighted by Gasteiger charge is 2.27. The van der Waals surface area contributed by atoms with E-state index in [-0.39, 0.29) is 30.6 Å². The molecule has 9 heteroatoms. The molecule has 0 saturated carbocycles. The number of rotatable bonds is 5. The first-order valence-corrected chi connectivity index (χ1v) is 6.91. The van der Waals surface area contributed by atoms with E-state index >= 15 is 0 Å². The third-order valence-corrected chi connectivity index (χ3v) is 3.26. The van der Waals surface area contributed by atoms with Gasteiger partial charge in [-0.15, -0.1) is 24.0 Å². The van der Waals surface area contributed by atoms with Gasteiger partial charge in [0.1, 0.15) is 6.61 Å². The van der Waals surface area contributed by atoms with Gasteiger partial charge in [0, 0.05) is 37.7 Å². The fourth-order valence-corrected chi connectivity index (χ4v) is 2.34. The van der Waals surface area contributed by atoms with E-state index in [1.54, 1.807) is 0 Å². The Morgan fingerprint density at radius 1 is 1.32 bits per heavy atom. The fraction of sp³-hybridized carbons (Fsp3) is 0.900. The maximum absolute atomic E-state index is 11.8. The molecule has 0 amide bonds. The average molecular weight is 413 g/mol. The largest absolute Gasteiger partial charge is 0.411 e. The van der Waals surface area contributed by atoms with E-state index in [4.69, 9.17) is 5.73 Å². The van der Waals surface area contributed by atoms with Gasteiger partial charge >= 0.3 is 6.18 Å². The summed E-state index contributed by atoms with van der Waals surface area (Å²) < 4.78 is 39.7. The molecule has 114 valence electrons. The second-order valence-corrected chi connectivity index (χ2v) is 5.09. The molecule has 1 aliphatic rings. The predicted molar refractivity (Wildman–Crippen MR) is 82.3 cm³/mol. The van der Waals surface area contributed by atoms with Crippen molar-refractivity contribution in [3.63, 3.8) is 0 Å². The summed E-state index contributed by atoms with van der Waals surface area (Å²) >= 11 is 1.87. The number of halogens is 4. The Bertz CT molecular complexity index is 273. The Kier molecular flexibility index (Phi) is 9.97. The number of hydrogen-bond acceptors (Lipinski definition) is 3. The smallest absolute Gasteiger partial charge is 0.372 e. The first-order chi connectivity index (χ1) is 8.49. The lowest BCUT2D eigenvalue weighted by Gasteiger charge is -2.27. The molecule has 0 aromatic heterocycles. The first-order valence-electron chi connectivity index (χ1n) is 5.76. The molecule has 1 heterocycles. The number of aliphatic imine (C=N–C) groups is 1. The molecule has 0 unspecified atom stereocenters. The van der Waals surface area contributed by atoms with Crippen LogP contribution in [-0.2, 0) is 4.74 Å².